The lowest BCUT2D eigenvalue weighted by Gasteiger charge is -2.03. The van der Waals surface area contributed by atoms with E-state index in [1.807, 2.05) is 30.3 Å². The lowest BCUT2D eigenvalue weighted by atomic mass is 10.2. The van der Waals surface area contributed by atoms with Gasteiger partial charge in [0.05, 0.1) is 10.9 Å². The van der Waals surface area contributed by atoms with Gasteiger partial charge in [-0.15, -0.1) is 0 Å². The van der Waals surface area contributed by atoms with Crippen LogP contribution in [0.5, 0.6) is 0 Å². The lowest BCUT2D eigenvalue weighted by molar-refractivity contribution is 0.0692. The molecular weight excluding hydrogens is 280 g/mol. The van der Waals surface area contributed by atoms with Crippen molar-refractivity contribution in [3.8, 4) is 5.82 Å². The van der Waals surface area contributed by atoms with Gasteiger partial charge in [-0.1, -0.05) is 18.2 Å². The van der Waals surface area contributed by atoms with E-state index >= 15 is 0 Å². The number of fused-ring (bicyclic) bond motifs is 2. The number of para-hydroxylation sites is 1. The molecule has 0 amide bonds. The Kier molecular flexibility index (Phi) is 2.62. The summed E-state index contributed by atoms with van der Waals surface area (Å²) in [6.07, 6.45) is 1.60. The molecule has 0 aliphatic heterocycles. The topological polar surface area (TPSA) is 80.9 Å². The summed E-state index contributed by atoms with van der Waals surface area (Å²) in [5, 5.41) is 14.9. The molecule has 0 atom stereocenters. The minimum absolute atomic E-state index is 0.0296. The van der Waals surface area contributed by atoms with Gasteiger partial charge in [0.2, 0.25) is 0 Å². The molecule has 0 unspecified atom stereocenters. The molecule has 0 aliphatic rings. The standard InChI is InChI=1S/C16H10N4O2/c21-16(22)14-11-5-3-9-17-15(11)20(19-14)13-8-7-10-4-1-2-6-12(10)18-13/h1-9H,(H,21,22). The SMILES string of the molecule is O=C(O)c1nn(-c2ccc3ccccc3n2)c2ncccc12. The van der Waals surface area contributed by atoms with Crippen LogP contribution in [0, 0.1) is 0 Å². The van der Waals surface area contributed by atoms with Crippen molar-refractivity contribution in [1.82, 2.24) is 19.7 Å². The average molecular weight is 290 g/mol. The van der Waals surface area contributed by atoms with E-state index in [0.29, 0.717) is 16.9 Å². The molecule has 0 bridgehead atoms. The van der Waals surface area contributed by atoms with Crippen molar-refractivity contribution in [2.45, 2.75) is 0 Å². The van der Waals surface area contributed by atoms with Gasteiger partial charge in [-0.2, -0.15) is 9.78 Å². The fraction of sp³-hybridized carbons (Fsp3) is 0. The second-order valence-corrected chi connectivity index (χ2v) is 4.80. The van der Waals surface area contributed by atoms with Crippen molar-refractivity contribution in [2.75, 3.05) is 0 Å². The molecule has 0 spiro atoms. The predicted molar refractivity (Wildman–Crippen MR) is 81.1 cm³/mol. The first-order valence-electron chi connectivity index (χ1n) is 6.67. The number of rotatable bonds is 2. The molecule has 1 N–H and O–H groups in total. The fourth-order valence-electron chi connectivity index (χ4n) is 2.44. The Morgan fingerprint density at radius 2 is 1.91 bits per heavy atom. The molecule has 106 valence electrons. The first-order valence-corrected chi connectivity index (χ1v) is 6.67. The summed E-state index contributed by atoms with van der Waals surface area (Å²) >= 11 is 0. The summed E-state index contributed by atoms with van der Waals surface area (Å²) < 4.78 is 1.46. The second-order valence-electron chi connectivity index (χ2n) is 4.80. The molecule has 6 nitrogen and oxygen atoms in total. The van der Waals surface area contributed by atoms with Gasteiger partial charge in [0.25, 0.3) is 0 Å². The van der Waals surface area contributed by atoms with E-state index in [1.54, 1.807) is 24.4 Å². The maximum absolute atomic E-state index is 11.3. The molecule has 22 heavy (non-hydrogen) atoms. The highest BCUT2D eigenvalue weighted by Gasteiger charge is 2.18. The van der Waals surface area contributed by atoms with Crippen LogP contribution in [0.3, 0.4) is 0 Å². The van der Waals surface area contributed by atoms with E-state index in [4.69, 9.17) is 0 Å². The van der Waals surface area contributed by atoms with E-state index in [0.717, 1.165) is 10.9 Å². The van der Waals surface area contributed by atoms with Gasteiger partial charge in [-0.25, -0.2) is 14.8 Å². The van der Waals surface area contributed by atoms with Crippen LogP contribution in [0.25, 0.3) is 27.8 Å². The Hall–Kier alpha value is -3.28. The Morgan fingerprint density at radius 1 is 1.05 bits per heavy atom. The number of aromatic carboxylic acids is 1. The third kappa shape index (κ3) is 1.81. The van der Waals surface area contributed by atoms with Gasteiger partial charge < -0.3 is 5.11 Å². The van der Waals surface area contributed by atoms with E-state index in [-0.39, 0.29) is 5.69 Å². The molecule has 0 saturated heterocycles. The summed E-state index contributed by atoms with van der Waals surface area (Å²) in [4.78, 5) is 20.1. The predicted octanol–water partition coefficient (Wildman–Crippen LogP) is 2.67. The molecule has 1 aromatic carbocycles. The highest BCUT2D eigenvalue weighted by atomic mass is 16.4. The summed E-state index contributed by atoms with van der Waals surface area (Å²) in [5.41, 5.74) is 1.26. The van der Waals surface area contributed by atoms with Gasteiger partial charge >= 0.3 is 5.97 Å². The highest BCUT2D eigenvalue weighted by molar-refractivity contribution is 6.00. The zero-order chi connectivity index (χ0) is 15.1. The first kappa shape index (κ1) is 12.5. The summed E-state index contributed by atoms with van der Waals surface area (Å²) in [5.74, 6) is -0.549. The molecule has 0 saturated carbocycles. The number of hydrogen-bond acceptors (Lipinski definition) is 4. The number of carboxylic acid groups (broad SMARTS) is 1. The van der Waals surface area contributed by atoms with E-state index in [9.17, 15) is 9.90 Å². The van der Waals surface area contributed by atoms with Crippen LogP contribution in [0.2, 0.25) is 0 Å². The molecule has 4 aromatic rings. The van der Waals surface area contributed by atoms with E-state index < -0.39 is 5.97 Å². The molecule has 0 fully saturated rings. The zero-order valence-electron chi connectivity index (χ0n) is 11.3. The fourth-order valence-corrected chi connectivity index (χ4v) is 2.44. The quantitative estimate of drug-likeness (QED) is 0.614. The van der Waals surface area contributed by atoms with Gasteiger partial charge in [0.1, 0.15) is 0 Å². The van der Waals surface area contributed by atoms with Crippen molar-refractivity contribution < 1.29 is 9.90 Å². The second kappa shape index (κ2) is 4.63. The monoisotopic (exact) mass is 290 g/mol. The Morgan fingerprint density at radius 3 is 2.77 bits per heavy atom. The summed E-state index contributed by atoms with van der Waals surface area (Å²) in [7, 11) is 0. The molecule has 0 aliphatic carbocycles. The Labute approximate surface area is 124 Å². The molecule has 3 heterocycles. The first-order chi connectivity index (χ1) is 10.7. The maximum atomic E-state index is 11.3. The number of hydrogen-bond donors (Lipinski definition) is 1. The minimum atomic E-state index is -1.09. The van der Waals surface area contributed by atoms with Crippen LogP contribution in [0.4, 0.5) is 0 Å². The van der Waals surface area contributed by atoms with Crippen LogP contribution >= 0.6 is 0 Å². The number of benzene rings is 1. The smallest absolute Gasteiger partial charge is 0.357 e. The molecule has 4 rings (SSSR count). The highest BCUT2D eigenvalue weighted by Crippen LogP contribution is 2.21. The van der Waals surface area contributed by atoms with Gasteiger partial charge in [-0.05, 0) is 30.3 Å². The average Bonchev–Trinajstić information content (AvgIpc) is 2.94. The van der Waals surface area contributed by atoms with Crippen LogP contribution in [0.15, 0.2) is 54.7 Å². The summed E-state index contributed by atoms with van der Waals surface area (Å²) in [6.45, 7) is 0. The largest absolute Gasteiger partial charge is 0.476 e. The molecular formula is C16H10N4O2. The molecule has 3 aromatic heterocycles. The third-order valence-electron chi connectivity index (χ3n) is 3.45. The number of carbonyl (C=O) groups is 1. The lowest BCUT2D eigenvalue weighted by Crippen LogP contribution is -2.03. The number of nitrogens with zero attached hydrogens (tertiary/aromatic N) is 4. The Balaban J connectivity index is 2.01. The van der Waals surface area contributed by atoms with Gasteiger partial charge in [0.15, 0.2) is 17.2 Å². The van der Waals surface area contributed by atoms with Gasteiger partial charge in [0, 0.05) is 11.6 Å². The van der Waals surface area contributed by atoms with Crippen LogP contribution < -0.4 is 0 Å². The zero-order valence-corrected chi connectivity index (χ0v) is 11.3. The van der Waals surface area contributed by atoms with Crippen LogP contribution in [-0.4, -0.2) is 30.8 Å². The maximum Gasteiger partial charge on any atom is 0.357 e. The summed E-state index contributed by atoms with van der Waals surface area (Å²) in [6, 6.07) is 14.8. The number of aromatic nitrogens is 4. The van der Waals surface area contributed by atoms with Crippen molar-refractivity contribution >= 4 is 27.9 Å². The van der Waals surface area contributed by atoms with Crippen LogP contribution in [0.1, 0.15) is 10.5 Å². The van der Waals surface area contributed by atoms with E-state index in [2.05, 4.69) is 15.1 Å². The van der Waals surface area contributed by atoms with Crippen molar-refractivity contribution in [3.05, 3.63) is 60.4 Å². The van der Waals surface area contributed by atoms with Crippen molar-refractivity contribution in [1.29, 1.82) is 0 Å². The van der Waals surface area contributed by atoms with Crippen LogP contribution in [-0.2, 0) is 0 Å². The van der Waals surface area contributed by atoms with Crippen molar-refractivity contribution in [3.63, 3.8) is 0 Å². The van der Waals surface area contributed by atoms with E-state index in [1.165, 1.54) is 4.68 Å². The van der Waals surface area contributed by atoms with Crippen molar-refractivity contribution in [2.24, 2.45) is 0 Å². The molecule has 6 heteroatoms. The number of pyridine rings is 2. The minimum Gasteiger partial charge on any atom is -0.476 e. The van der Waals surface area contributed by atoms with Gasteiger partial charge in [-0.3, -0.25) is 0 Å². The number of carboxylic acids is 1. The third-order valence-corrected chi connectivity index (χ3v) is 3.45. The Bertz CT molecular complexity index is 1020. The normalized spacial score (nSPS) is 11.1. The molecule has 0 radical (unpaired) electrons.